The molecule has 1 saturated heterocycles. The second kappa shape index (κ2) is 10.5. The van der Waals surface area contributed by atoms with Crippen molar-refractivity contribution in [2.24, 2.45) is 5.92 Å². The summed E-state index contributed by atoms with van der Waals surface area (Å²) in [7, 11) is 1.59. The van der Waals surface area contributed by atoms with E-state index in [9.17, 15) is 9.90 Å². The van der Waals surface area contributed by atoms with Crippen LogP contribution in [-0.4, -0.2) is 56.9 Å². The highest BCUT2D eigenvalue weighted by molar-refractivity contribution is 5.92. The van der Waals surface area contributed by atoms with Crippen LogP contribution in [0.3, 0.4) is 0 Å². The van der Waals surface area contributed by atoms with Crippen LogP contribution in [0.5, 0.6) is 11.5 Å². The summed E-state index contributed by atoms with van der Waals surface area (Å²) < 4.78 is 7.24. The molecule has 2 aromatic carbocycles. The molecule has 8 heteroatoms. The first-order valence-corrected chi connectivity index (χ1v) is 13.3. The monoisotopic (exact) mass is 503 g/mol. The Bertz CT molecular complexity index is 1260. The van der Waals surface area contributed by atoms with Crippen molar-refractivity contribution >= 4 is 5.91 Å². The molecule has 3 aromatic rings. The van der Waals surface area contributed by atoms with E-state index in [0.717, 1.165) is 49.6 Å². The van der Waals surface area contributed by atoms with Crippen LogP contribution in [0.25, 0.3) is 17.1 Å². The largest absolute Gasteiger partial charge is 0.507 e. The third kappa shape index (κ3) is 5.49. The summed E-state index contributed by atoms with van der Waals surface area (Å²) in [6.07, 6.45) is 4.44. The Kier molecular flexibility index (Phi) is 7.20. The van der Waals surface area contributed by atoms with E-state index >= 15 is 0 Å². The molecule has 37 heavy (non-hydrogen) atoms. The lowest BCUT2D eigenvalue weighted by Gasteiger charge is -2.30. The Morgan fingerprint density at radius 2 is 1.81 bits per heavy atom. The van der Waals surface area contributed by atoms with Gasteiger partial charge in [-0.25, -0.2) is 0 Å². The minimum Gasteiger partial charge on any atom is -0.507 e. The number of aromatic hydroxyl groups is 1. The van der Waals surface area contributed by atoms with Crippen LogP contribution in [0.15, 0.2) is 36.4 Å². The van der Waals surface area contributed by atoms with Crippen molar-refractivity contribution in [2.45, 2.75) is 65.0 Å². The normalized spacial score (nSPS) is 16.8. The number of carbonyl (C=O) groups excluding carboxylic acids is 1. The van der Waals surface area contributed by atoms with Gasteiger partial charge in [0.25, 0.3) is 5.91 Å². The number of nitrogens with one attached hydrogen (secondary N) is 1. The summed E-state index contributed by atoms with van der Waals surface area (Å²) in [6, 6.07) is 11.9. The Labute approximate surface area is 218 Å². The average molecular weight is 504 g/mol. The number of benzene rings is 2. The maximum absolute atomic E-state index is 13.1. The van der Waals surface area contributed by atoms with Gasteiger partial charge in [0.1, 0.15) is 11.5 Å². The Morgan fingerprint density at radius 1 is 1.11 bits per heavy atom. The maximum Gasteiger partial charge on any atom is 0.289 e. The molecule has 0 atom stereocenters. The number of methoxy groups -OCH3 is 1. The molecule has 196 valence electrons. The minimum atomic E-state index is -0.259. The van der Waals surface area contributed by atoms with E-state index in [1.165, 1.54) is 18.4 Å². The number of phenolic OH excluding ortho intramolecular Hbond substituents is 1. The molecule has 2 fully saturated rings. The molecule has 2 aliphatic rings. The first kappa shape index (κ1) is 25.3. The molecule has 5 rings (SSSR count). The molecule has 0 spiro atoms. The zero-order valence-corrected chi connectivity index (χ0v) is 22.2. The zero-order valence-electron chi connectivity index (χ0n) is 22.2. The van der Waals surface area contributed by atoms with Crippen LogP contribution >= 0.6 is 0 Å². The number of aromatic nitrogens is 3. The van der Waals surface area contributed by atoms with E-state index in [-0.39, 0.29) is 29.4 Å². The van der Waals surface area contributed by atoms with E-state index in [1.807, 2.05) is 18.2 Å². The van der Waals surface area contributed by atoms with Crippen molar-refractivity contribution in [2.75, 3.05) is 20.2 Å². The number of likely N-dealkylation sites (tertiary alicyclic amines) is 1. The third-order valence-electron chi connectivity index (χ3n) is 7.47. The molecule has 0 unspecified atom stereocenters. The number of piperidine rings is 1. The lowest BCUT2D eigenvalue weighted by atomic mass is 9.98. The predicted molar refractivity (Wildman–Crippen MR) is 143 cm³/mol. The fourth-order valence-electron chi connectivity index (χ4n) is 4.95. The quantitative estimate of drug-likeness (QED) is 0.454. The van der Waals surface area contributed by atoms with E-state index in [4.69, 9.17) is 4.74 Å². The molecule has 1 amide bonds. The number of rotatable bonds is 8. The fraction of sp³-hybridized carbons (Fsp3) is 0.483. The summed E-state index contributed by atoms with van der Waals surface area (Å²) in [5.74, 6) is 1.98. The molecule has 0 radical (unpaired) electrons. The molecular weight excluding hydrogens is 466 g/mol. The van der Waals surface area contributed by atoms with Gasteiger partial charge in [-0.1, -0.05) is 32.9 Å². The van der Waals surface area contributed by atoms with Gasteiger partial charge in [0.2, 0.25) is 5.82 Å². The van der Waals surface area contributed by atoms with Gasteiger partial charge in [0.15, 0.2) is 5.82 Å². The number of amides is 1. The third-order valence-corrected chi connectivity index (χ3v) is 7.47. The van der Waals surface area contributed by atoms with Gasteiger partial charge < -0.3 is 15.2 Å². The number of carbonyl (C=O) groups is 1. The first-order chi connectivity index (χ1) is 17.8. The summed E-state index contributed by atoms with van der Waals surface area (Å²) in [5.41, 5.74) is 3.46. The van der Waals surface area contributed by atoms with E-state index < -0.39 is 0 Å². The van der Waals surface area contributed by atoms with Gasteiger partial charge in [-0.2, -0.15) is 0 Å². The lowest BCUT2D eigenvalue weighted by Crippen LogP contribution is -2.32. The Balaban J connectivity index is 1.52. The highest BCUT2D eigenvalue weighted by Gasteiger charge is 2.29. The summed E-state index contributed by atoms with van der Waals surface area (Å²) in [6.45, 7) is 9.62. The highest BCUT2D eigenvalue weighted by Crippen LogP contribution is 2.38. The summed E-state index contributed by atoms with van der Waals surface area (Å²) in [5, 5.41) is 22.6. The van der Waals surface area contributed by atoms with Crippen LogP contribution in [0, 0.1) is 5.92 Å². The Hall–Kier alpha value is -3.39. The molecule has 1 aliphatic carbocycles. The molecule has 0 bridgehead atoms. The SMILES string of the molecule is COc1cc(O)c(-c2nnc(C(=O)NC3CC3)n2-c2ccc(CN3CCC(C)CC3)cc2)cc1C(C)C. The summed E-state index contributed by atoms with van der Waals surface area (Å²) in [4.78, 5) is 15.6. The minimum absolute atomic E-state index is 0.0278. The predicted octanol–water partition coefficient (Wildman–Crippen LogP) is 4.90. The molecule has 2 N–H and O–H groups in total. The van der Waals surface area contributed by atoms with E-state index in [1.54, 1.807) is 17.7 Å². The second-order valence-electron chi connectivity index (χ2n) is 10.8. The smallest absolute Gasteiger partial charge is 0.289 e. The van der Waals surface area contributed by atoms with Crippen molar-refractivity contribution < 1.29 is 14.6 Å². The lowest BCUT2D eigenvalue weighted by molar-refractivity contribution is 0.0938. The fourth-order valence-corrected chi connectivity index (χ4v) is 4.95. The van der Waals surface area contributed by atoms with Gasteiger partial charge in [-0.15, -0.1) is 10.2 Å². The van der Waals surface area contributed by atoms with Crippen LogP contribution < -0.4 is 10.1 Å². The topological polar surface area (TPSA) is 92.5 Å². The molecule has 1 aromatic heterocycles. The van der Waals surface area contributed by atoms with Gasteiger partial charge in [0.05, 0.1) is 12.7 Å². The van der Waals surface area contributed by atoms with Crippen molar-refractivity contribution in [3.05, 3.63) is 53.3 Å². The number of ether oxygens (including phenoxy) is 1. The number of nitrogens with zero attached hydrogens (tertiary/aromatic N) is 4. The first-order valence-electron chi connectivity index (χ1n) is 13.3. The van der Waals surface area contributed by atoms with Gasteiger partial charge in [-0.3, -0.25) is 14.3 Å². The number of hydrogen-bond acceptors (Lipinski definition) is 6. The molecule has 2 heterocycles. The van der Waals surface area contributed by atoms with Crippen molar-refractivity contribution in [3.8, 4) is 28.6 Å². The van der Waals surface area contributed by atoms with E-state index in [2.05, 4.69) is 53.3 Å². The number of phenols is 1. The second-order valence-corrected chi connectivity index (χ2v) is 10.8. The average Bonchev–Trinajstić information content (AvgIpc) is 3.59. The van der Waals surface area contributed by atoms with E-state index in [0.29, 0.717) is 17.1 Å². The van der Waals surface area contributed by atoms with Crippen LogP contribution in [0.1, 0.15) is 74.1 Å². The standard InChI is InChI=1S/C29H37N5O3/c1-18(2)23-15-24(25(35)16-26(23)37-4)27-31-32-28(29(36)30-21-7-8-21)34(27)22-9-5-20(6-10-22)17-33-13-11-19(3)12-14-33/h5-6,9-10,15-16,18-19,21,35H,7-8,11-14,17H2,1-4H3,(H,30,36). The van der Waals surface area contributed by atoms with Crippen LogP contribution in [-0.2, 0) is 6.54 Å². The molecular formula is C29H37N5O3. The molecule has 1 saturated carbocycles. The van der Waals surface area contributed by atoms with Gasteiger partial charge in [-0.05, 0) is 79.9 Å². The molecule has 1 aliphatic heterocycles. The zero-order chi connectivity index (χ0) is 26.1. The van der Waals surface area contributed by atoms with Gasteiger partial charge >= 0.3 is 0 Å². The highest BCUT2D eigenvalue weighted by atomic mass is 16.5. The maximum atomic E-state index is 13.1. The Morgan fingerprint density at radius 3 is 2.43 bits per heavy atom. The summed E-state index contributed by atoms with van der Waals surface area (Å²) >= 11 is 0. The van der Waals surface area contributed by atoms with Crippen LogP contribution in [0.2, 0.25) is 0 Å². The van der Waals surface area contributed by atoms with Crippen molar-refractivity contribution in [3.63, 3.8) is 0 Å². The van der Waals surface area contributed by atoms with Gasteiger partial charge in [0, 0.05) is 24.3 Å². The van der Waals surface area contributed by atoms with Crippen LogP contribution in [0.4, 0.5) is 0 Å². The van der Waals surface area contributed by atoms with Crippen molar-refractivity contribution in [1.82, 2.24) is 25.0 Å². The van der Waals surface area contributed by atoms with Crippen molar-refractivity contribution in [1.29, 1.82) is 0 Å². The number of hydrogen-bond donors (Lipinski definition) is 2. The molecule has 8 nitrogen and oxygen atoms in total.